The molecule has 3 aliphatic rings. The van der Waals surface area contributed by atoms with Crippen molar-refractivity contribution in [1.82, 2.24) is 9.80 Å². The fourth-order valence-corrected chi connectivity index (χ4v) is 4.68. The standard InChI is InChI=1S/C17H28F3N3O2.ClH/c18-17(19,20)11-25-9-1-4-22-5-7-23(8-6-22)16(24)14-12-2-3-13(10-12)15(14)21;/h12-15H,1-11,21H2;1H. The molecule has 152 valence electrons. The first kappa shape index (κ1) is 21.7. The SMILES string of the molecule is Cl.NC1C2CCC(C2)C1C(=O)N1CCN(CCCOCC(F)(F)F)CC1. The number of carbonyl (C=O) groups is 1. The summed E-state index contributed by atoms with van der Waals surface area (Å²) in [4.78, 5) is 16.9. The van der Waals surface area contributed by atoms with E-state index in [9.17, 15) is 18.0 Å². The van der Waals surface area contributed by atoms with Crippen LogP contribution in [0.2, 0.25) is 0 Å². The highest BCUT2D eigenvalue weighted by molar-refractivity contribution is 5.85. The number of carbonyl (C=O) groups excluding carboxylic acids is 1. The fraction of sp³-hybridized carbons (Fsp3) is 0.941. The quantitative estimate of drug-likeness (QED) is 0.693. The Balaban J connectivity index is 0.00000243. The number of alkyl halides is 3. The van der Waals surface area contributed by atoms with E-state index >= 15 is 0 Å². The lowest BCUT2D eigenvalue weighted by atomic mass is 9.84. The molecule has 4 atom stereocenters. The van der Waals surface area contributed by atoms with Gasteiger partial charge in [-0.15, -0.1) is 12.4 Å². The maximum atomic E-state index is 12.8. The zero-order valence-electron chi connectivity index (χ0n) is 14.9. The molecule has 4 unspecified atom stereocenters. The molecule has 1 saturated heterocycles. The van der Waals surface area contributed by atoms with E-state index in [0.29, 0.717) is 37.9 Å². The normalized spacial score (nSPS) is 31.9. The molecule has 0 aromatic heterocycles. The number of rotatable bonds is 6. The van der Waals surface area contributed by atoms with E-state index in [-0.39, 0.29) is 36.9 Å². The molecule has 9 heteroatoms. The minimum Gasteiger partial charge on any atom is -0.372 e. The molecule has 0 aromatic rings. The molecule has 0 spiro atoms. The van der Waals surface area contributed by atoms with Gasteiger partial charge < -0.3 is 15.4 Å². The second kappa shape index (κ2) is 9.08. The number of ether oxygens (including phenoxy) is 1. The molecule has 0 aromatic carbocycles. The Bertz CT molecular complexity index is 471. The number of fused-ring (bicyclic) bond motifs is 2. The zero-order chi connectivity index (χ0) is 18.0. The number of piperazine rings is 1. The van der Waals surface area contributed by atoms with Gasteiger partial charge in [0.25, 0.3) is 0 Å². The third-order valence-corrected chi connectivity index (χ3v) is 5.98. The van der Waals surface area contributed by atoms with Crippen molar-refractivity contribution >= 4 is 18.3 Å². The summed E-state index contributed by atoms with van der Waals surface area (Å²) in [5.41, 5.74) is 6.27. The van der Waals surface area contributed by atoms with Crippen LogP contribution in [0, 0.1) is 17.8 Å². The van der Waals surface area contributed by atoms with E-state index in [2.05, 4.69) is 9.64 Å². The zero-order valence-corrected chi connectivity index (χ0v) is 15.7. The summed E-state index contributed by atoms with van der Waals surface area (Å²) in [5, 5.41) is 0. The molecular weight excluding hydrogens is 371 g/mol. The highest BCUT2D eigenvalue weighted by Gasteiger charge is 2.50. The molecular formula is C17H29ClF3N3O2. The van der Waals surface area contributed by atoms with Crippen LogP contribution < -0.4 is 5.73 Å². The number of hydrogen-bond acceptors (Lipinski definition) is 4. The van der Waals surface area contributed by atoms with Crippen LogP contribution in [-0.2, 0) is 9.53 Å². The summed E-state index contributed by atoms with van der Waals surface area (Å²) in [5.74, 6) is 1.21. The maximum absolute atomic E-state index is 12.8. The third kappa shape index (κ3) is 5.24. The van der Waals surface area contributed by atoms with Gasteiger partial charge in [0.05, 0.1) is 5.92 Å². The van der Waals surface area contributed by atoms with Gasteiger partial charge in [-0.25, -0.2) is 0 Å². The molecule has 2 bridgehead atoms. The Morgan fingerprint density at radius 3 is 2.35 bits per heavy atom. The Kier molecular flexibility index (Phi) is 7.59. The van der Waals surface area contributed by atoms with Crippen LogP contribution in [0.3, 0.4) is 0 Å². The summed E-state index contributed by atoms with van der Waals surface area (Å²) in [6.07, 6.45) is -0.282. The fourth-order valence-electron chi connectivity index (χ4n) is 4.68. The highest BCUT2D eigenvalue weighted by atomic mass is 35.5. The Hall–Kier alpha value is -0.570. The predicted molar refractivity (Wildman–Crippen MR) is 94.1 cm³/mol. The van der Waals surface area contributed by atoms with Crippen LogP contribution in [0.5, 0.6) is 0 Å². The number of nitrogens with two attached hydrogens (primary N) is 1. The number of hydrogen-bond donors (Lipinski definition) is 1. The van der Waals surface area contributed by atoms with Crippen molar-refractivity contribution in [2.75, 3.05) is 45.9 Å². The topological polar surface area (TPSA) is 58.8 Å². The molecule has 1 amide bonds. The molecule has 3 rings (SSSR count). The summed E-state index contributed by atoms with van der Waals surface area (Å²) < 4.78 is 40.6. The first-order valence-electron chi connectivity index (χ1n) is 9.26. The van der Waals surface area contributed by atoms with Gasteiger partial charge in [0.15, 0.2) is 0 Å². The van der Waals surface area contributed by atoms with Crippen molar-refractivity contribution in [2.45, 2.75) is 37.9 Å². The molecule has 1 aliphatic heterocycles. The molecule has 5 nitrogen and oxygen atoms in total. The number of amides is 1. The van der Waals surface area contributed by atoms with Gasteiger partial charge in [-0.2, -0.15) is 13.2 Å². The van der Waals surface area contributed by atoms with E-state index in [1.165, 1.54) is 6.42 Å². The summed E-state index contributed by atoms with van der Waals surface area (Å²) in [6, 6.07) is 0.0232. The van der Waals surface area contributed by atoms with Crippen molar-refractivity contribution in [3.8, 4) is 0 Å². The lowest BCUT2D eigenvalue weighted by Crippen LogP contribution is -2.53. The van der Waals surface area contributed by atoms with Gasteiger partial charge in [-0.1, -0.05) is 0 Å². The third-order valence-electron chi connectivity index (χ3n) is 5.98. The van der Waals surface area contributed by atoms with Crippen LogP contribution in [0.1, 0.15) is 25.7 Å². The average Bonchev–Trinajstić information content (AvgIpc) is 3.14. The van der Waals surface area contributed by atoms with Gasteiger partial charge in [-0.3, -0.25) is 9.69 Å². The summed E-state index contributed by atoms with van der Waals surface area (Å²) in [6.45, 7) is 2.53. The van der Waals surface area contributed by atoms with Crippen molar-refractivity contribution in [2.24, 2.45) is 23.5 Å². The van der Waals surface area contributed by atoms with Crippen LogP contribution in [0.25, 0.3) is 0 Å². The Labute approximate surface area is 158 Å². The van der Waals surface area contributed by atoms with Crippen LogP contribution in [0.15, 0.2) is 0 Å². The number of nitrogens with zero attached hydrogens (tertiary/aromatic N) is 2. The summed E-state index contributed by atoms with van der Waals surface area (Å²) >= 11 is 0. The monoisotopic (exact) mass is 399 g/mol. The van der Waals surface area contributed by atoms with Crippen LogP contribution in [-0.4, -0.2) is 73.9 Å². The smallest absolute Gasteiger partial charge is 0.372 e. The van der Waals surface area contributed by atoms with Crippen molar-refractivity contribution in [3.63, 3.8) is 0 Å². The van der Waals surface area contributed by atoms with Gasteiger partial charge in [0.2, 0.25) is 5.91 Å². The van der Waals surface area contributed by atoms with Crippen molar-refractivity contribution < 1.29 is 22.7 Å². The lowest BCUT2D eigenvalue weighted by molar-refractivity contribution is -0.174. The lowest BCUT2D eigenvalue weighted by Gasteiger charge is -2.38. The molecule has 2 aliphatic carbocycles. The second-order valence-corrected chi connectivity index (χ2v) is 7.62. The van der Waals surface area contributed by atoms with E-state index in [4.69, 9.17) is 5.73 Å². The Morgan fingerprint density at radius 2 is 1.77 bits per heavy atom. The first-order valence-corrected chi connectivity index (χ1v) is 9.26. The van der Waals surface area contributed by atoms with Crippen molar-refractivity contribution in [1.29, 1.82) is 0 Å². The van der Waals surface area contributed by atoms with E-state index in [1.807, 2.05) is 4.90 Å². The minimum atomic E-state index is -4.26. The summed E-state index contributed by atoms with van der Waals surface area (Å²) in [7, 11) is 0. The van der Waals surface area contributed by atoms with E-state index in [1.54, 1.807) is 0 Å². The van der Waals surface area contributed by atoms with E-state index in [0.717, 1.165) is 25.9 Å². The van der Waals surface area contributed by atoms with Gasteiger partial charge in [0.1, 0.15) is 6.61 Å². The average molecular weight is 400 g/mol. The molecule has 2 saturated carbocycles. The first-order chi connectivity index (χ1) is 11.8. The Morgan fingerprint density at radius 1 is 1.12 bits per heavy atom. The van der Waals surface area contributed by atoms with Gasteiger partial charge in [-0.05, 0) is 37.5 Å². The molecule has 3 fully saturated rings. The molecule has 2 N–H and O–H groups in total. The molecule has 1 heterocycles. The van der Waals surface area contributed by atoms with Gasteiger partial charge in [0, 0.05) is 45.4 Å². The number of halogens is 4. The second-order valence-electron chi connectivity index (χ2n) is 7.62. The van der Waals surface area contributed by atoms with Crippen molar-refractivity contribution in [3.05, 3.63) is 0 Å². The van der Waals surface area contributed by atoms with Gasteiger partial charge >= 0.3 is 6.18 Å². The van der Waals surface area contributed by atoms with Crippen LogP contribution in [0.4, 0.5) is 13.2 Å². The van der Waals surface area contributed by atoms with E-state index < -0.39 is 12.8 Å². The van der Waals surface area contributed by atoms with Crippen LogP contribution >= 0.6 is 12.4 Å². The highest BCUT2D eigenvalue weighted by Crippen LogP contribution is 2.48. The maximum Gasteiger partial charge on any atom is 0.411 e. The molecule has 26 heavy (non-hydrogen) atoms. The minimum absolute atomic E-state index is 0. The molecule has 0 radical (unpaired) electrons. The predicted octanol–water partition coefficient (Wildman–Crippen LogP) is 1.89. The largest absolute Gasteiger partial charge is 0.411 e.